The van der Waals surface area contributed by atoms with E-state index in [-0.39, 0.29) is 61.2 Å². The van der Waals surface area contributed by atoms with Crippen molar-refractivity contribution >= 4 is 36.5 Å². The van der Waals surface area contributed by atoms with Crippen molar-refractivity contribution in [2.24, 2.45) is 11.5 Å². The number of benzene rings is 3. The summed E-state index contributed by atoms with van der Waals surface area (Å²) in [4.78, 5) is 0. The van der Waals surface area contributed by atoms with Crippen molar-refractivity contribution in [3.63, 3.8) is 0 Å². The van der Waals surface area contributed by atoms with E-state index in [0.29, 0.717) is 22.3 Å². The second-order valence-corrected chi connectivity index (χ2v) is 6.99. The highest BCUT2D eigenvalue weighted by molar-refractivity contribution is 5.95. The largest absolute Gasteiger partial charge is 0.489 e. The summed E-state index contributed by atoms with van der Waals surface area (Å²) in [5.74, 6) is -0.129. The van der Waals surface area contributed by atoms with Gasteiger partial charge in [-0.1, -0.05) is 48.5 Å². The molecule has 0 bridgehead atoms. The number of hydrogen-bond donors (Lipinski definition) is 4. The molecule has 3 aromatic carbocycles. The maximum Gasteiger partial charge on any atom is 0.416 e. The van der Waals surface area contributed by atoms with Crippen LogP contribution in [0.3, 0.4) is 0 Å². The van der Waals surface area contributed by atoms with Crippen molar-refractivity contribution in [1.29, 1.82) is 10.8 Å². The number of nitrogens with one attached hydrogen (secondary N) is 2. The average molecular weight is 515 g/mol. The molecule has 3 rings (SSSR count). The minimum atomic E-state index is -4.57. The van der Waals surface area contributed by atoms with E-state index in [1.54, 1.807) is 48.5 Å². The molecule has 11 heteroatoms. The summed E-state index contributed by atoms with van der Waals surface area (Å²) in [6.45, 7) is 0.0664. The highest BCUT2D eigenvalue weighted by Crippen LogP contribution is 2.35. The fourth-order valence-corrected chi connectivity index (χ4v) is 2.80. The van der Waals surface area contributed by atoms with Gasteiger partial charge in [0, 0.05) is 17.2 Å². The monoisotopic (exact) mass is 514 g/mol. The van der Waals surface area contributed by atoms with Crippen molar-refractivity contribution in [3.05, 3.63) is 94.5 Å². The minimum absolute atomic E-state index is 0. The molecule has 0 saturated heterocycles. The van der Waals surface area contributed by atoms with Gasteiger partial charge in [-0.25, -0.2) is 0 Å². The van der Waals surface area contributed by atoms with E-state index >= 15 is 0 Å². The first-order chi connectivity index (χ1) is 15.1. The molecule has 0 saturated carbocycles. The summed E-state index contributed by atoms with van der Waals surface area (Å²) in [7, 11) is 0. The second-order valence-electron chi connectivity index (χ2n) is 6.99. The summed E-state index contributed by atoms with van der Waals surface area (Å²) < 4.78 is 51.1. The van der Waals surface area contributed by atoms with E-state index < -0.39 is 11.7 Å². The van der Waals surface area contributed by atoms with Crippen LogP contribution >= 0.6 is 24.8 Å². The van der Waals surface area contributed by atoms with Gasteiger partial charge in [0.15, 0.2) is 0 Å². The molecule has 34 heavy (non-hydrogen) atoms. The van der Waals surface area contributed by atoms with E-state index in [1.165, 1.54) is 6.07 Å². The number of hydrogen-bond acceptors (Lipinski definition) is 4. The van der Waals surface area contributed by atoms with E-state index in [2.05, 4.69) is 0 Å². The second kappa shape index (κ2) is 12.2. The fraction of sp³-hybridized carbons (Fsp3) is 0.130. The van der Waals surface area contributed by atoms with Gasteiger partial charge >= 0.3 is 6.18 Å². The summed E-state index contributed by atoms with van der Waals surface area (Å²) in [6.07, 6.45) is -4.57. The van der Waals surface area contributed by atoms with Gasteiger partial charge in [0.2, 0.25) is 0 Å². The van der Waals surface area contributed by atoms with E-state index in [4.69, 9.17) is 31.8 Å². The first-order valence-electron chi connectivity index (χ1n) is 9.46. The highest BCUT2D eigenvalue weighted by atomic mass is 35.5. The van der Waals surface area contributed by atoms with Crippen LogP contribution in [-0.4, -0.2) is 11.7 Å². The molecule has 0 spiro atoms. The third kappa shape index (κ3) is 7.86. The van der Waals surface area contributed by atoms with E-state index in [9.17, 15) is 13.2 Å². The topological polar surface area (TPSA) is 118 Å². The molecule has 6 N–H and O–H groups in total. The van der Waals surface area contributed by atoms with Crippen LogP contribution in [0.25, 0.3) is 0 Å². The highest BCUT2D eigenvalue weighted by Gasteiger charge is 2.31. The molecule has 0 aliphatic rings. The van der Waals surface area contributed by atoms with Crippen LogP contribution in [0.4, 0.5) is 13.2 Å². The average Bonchev–Trinajstić information content (AvgIpc) is 2.76. The molecule has 3 aromatic rings. The maximum absolute atomic E-state index is 13.3. The smallest absolute Gasteiger partial charge is 0.416 e. The number of nitrogens with two attached hydrogens (primary N) is 2. The molecule has 0 aliphatic heterocycles. The zero-order chi connectivity index (χ0) is 23.3. The molecule has 182 valence electrons. The van der Waals surface area contributed by atoms with Crippen LogP contribution in [0.15, 0.2) is 66.7 Å². The third-order valence-corrected chi connectivity index (χ3v) is 4.55. The Morgan fingerprint density at radius 1 is 0.676 bits per heavy atom. The number of halogens is 5. The normalized spacial score (nSPS) is 10.4. The van der Waals surface area contributed by atoms with Crippen molar-refractivity contribution in [1.82, 2.24) is 0 Å². The summed E-state index contributed by atoms with van der Waals surface area (Å²) >= 11 is 0. The van der Waals surface area contributed by atoms with Crippen LogP contribution in [0.2, 0.25) is 0 Å². The zero-order valence-electron chi connectivity index (χ0n) is 17.7. The number of rotatable bonds is 8. The van der Waals surface area contributed by atoms with Crippen LogP contribution < -0.4 is 20.9 Å². The van der Waals surface area contributed by atoms with Gasteiger partial charge in [-0.05, 0) is 23.3 Å². The van der Waals surface area contributed by atoms with Crippen LogP contribution in [0, 0.1) is 10.8 Å². The Balaban J connectivity index is 0.00000289. The zero-order valence-corrected chi connectivity index (χ0v) is 19.3. The summed E-state index contributed by atoms with van der Waals surface area (Å²) in [5, 5.41) is 14.8. The lowest BCUT2D eigenvalue weighted by molar-refractivity contribution is -0.137. The summed E-state index contributed by atoms with van der Waals surface area (Å²) in [6, 6.07) is 16.5. The van der Waals surface area contributed by atoms with Gasteiger partial charge in [0.25, 0.3) is 0 Å². The first kappa shape index (κ1) is 28.6. The first-order valence-corrected chi connectivity index (χ1v) is 9.46. The quantitative estimate of drug-likeness (QED) is 0.241. The number of ether oxygens (including phenoxy) is 2. The molecule has 0 fully saturated rings. The van der Waals surface area contributed by atoms with Crippen LogP contribution in [0.5, 0.6) is 11.5 Å². The number of amidine groups is 2. The van der Waals surface area contributed by atoms with Crippen molar-refractivity contribution in [2.45, 2.75) is 19.4 Å². The Morgan fingerprint density at radius 3 is 1.32 bits per heavy atom. The Bertz CT molecular complexity index is 1040. The molecule has 0 unspecified atom stereocenters. The predicted octanol–water partition coefficient (Wildman–Crippen LogP) is 5.28. The molecule has 0 atom stereocenters. The molecule has 0 radical (unpaired) electrons. The fourth-order valence-electron chi connectivity index (χ4n) is 2.80. The molecule has 0 aliphatic carbocycles. The lowest BCUT2D eigenvalue weighted by Crippen LogP contribution is -2.11. The summed E-state index contributed by atoms with van der Waals surface area (Å²) in [5.41, 5.74) is 12.4. The standard InChI is InChI=1S/C23H21F3N4O2.2ClH/c24-23(25,26)18-9-19(31-12-14-1-5-16(6-2-14)21(27)28)11-20(10-18)32-13-15-3-7-17(8-4-15)22(29)30;;/h1-11H,12-13H2,(H3,27,28)(H3,29,30);2*1H. The van der Waals surface area contributed by atoms with Crippen molar-refractivity contribution in [3.8, 4) is 11.5 Å². The third-order valence-electron chi connectivity index (χ3n) is 4.55. The minimum Gasteiger partial charge on any atom is -0.489 e. The lowest BCUT2D eigenvalue weighted by Gasteiger charge is -2.14. The van der Waals surface area contributed by atoms with Crippen LogP contribution in [0.1, 0.15) is 27.8 Å². The molecular weight excluding hydrogens is 492 g/mol. The van der Waals surface area contributed by atoms with Crippen molar-refractivity contribution < 1.29 is 22.6 Å². The predicted molar refractivity (Wildman–Crippen MR) is 130 cm³/mol. The Kier molecular flexibility index (Phi) is 10.2. The number of nitrogen functional groups attached to an aromatic ring is 2. The Labute approximate surface area is 206 Å². The molecule has 0 aromatic heterocycles. The Hall–Kier alpha value is -3.43. The van der Waals surface area contributed by atoms with Gasteiger partial charge in [-0.3, -0.25) is 10.8 Å². The van der Waals surface area contributed by atoms with E-state index in [1.807, 2.05) is 0 Å². The van der Waals surface area contributed by atoms with Gasteiger partial charge in [-0.2, -0.15) is 13.2 Å². The van der Waals surface area contributed by atoms with Crippen LogP contribution in [-0.2, 0) is 19.4 Å². The SMILES string of the molecule is Cl.Cl.N=C(N)c1ccc(COc2cc(OCc3ccc(C(=N)N)cc3)cc(C(F)(F)F)c2)cc1. The molecule has 0 heterocycles. The lowest BCUT2D eigenvalue weighted by atomic mass is 10.1. The maximum atomic E-state index is 13.3. The number of alkyl halides is 3. The Morgan fingerprint density at radius 2 is 1.03 bits per heavy atom. The molecular formula is C23H23Cl2F3N4O2. The van der Waals surface area contributed by atoms with Crippen molar-refractivity contribution in [2.75, 3.05) is 0 Å². The van der Waals surface area contributed by atoms with Gasteiger partial charge < -0.3 is 20.9 Å². The molecule has 6 nitrogen and oxygen atoms in total. The van der Waals surface area contributed by atoms with Gasteiger partial charge in [0.05, 0.1) is 5.56 Å². The molecule has 0 amide bonds. The van der Waals surface area contributed by atoms with Gasteiger partial charge in [-0.15, -0.1) is 24.8 Å². The van der Waals surface area contributed by atoms with E-state index in [0.717, 1.165) is 12.1 Å². The van der Waals surface area contributed by atoms with Gasteiger partial charge in [0.1, 0.15) is 36.4 Å².